The van der Waals surface area contributed by atoms with Crippen molar-refractivity contribution in [1.29, 1.82) is 0 Å². The third-order valence-corrected chi connectivity index (χ3v) is 3.91. The van der Waals surface area contributed by atoms with E-state index in [1.54, 1.807) is 0 Å². The minimum absolute atomic E-state index is 0.119. The van der Waals surface area contributed by atoms with E-state index in [0.717, 1.165) is 22.6 Å². The van der Waals surface area contributed by atoms with Crippen LogP contribution in [-0.2, 0) is 5.41 Å². The van der Waals surface area contributed by atoms with Crippen molar-refractivity contribution in [3.05, 3.63) is 45.9 Å². The molecule has 0 unspecified atom stereocenters. The van der Waals surface area contributed by atoms with Crippen LogP contribution in [0.5, 0.6) is 0 Å². The zero-order valence-electron chi connectivity index (χ0n) is 13.0. The van der Waals surface area contributed by atoms with Crippen LogP contribution in [0.1, 0.15) is 43.3 Å². The Morgan fingerprint density at radius 1 is 0.950 bits per heavy atom. The summed E-state index contributed by atoms with van der Waals surface area (Å²) in [6.45, 7) is 12.5. The van der Waals surface area contributed by atoms with Crippen LogP contribution in [0.25, 0.3) is 11.3 Å². The van der Waals surface area contributed by atoms with Gasteiger partial charge in [-0.1, -0.05) is 44.5 Å². The lowest BCUT2D eigenvalue weighted by Crippen LogP contribution is -2.17. The van der Waals surface area contributed by atoms with E-state index in [0.29, 0.717) is 5.15 Å². The maximum absolute atomic E-state index is 6.29. The highest BCUT2D eigenvalue weighted by atomic mass is 35.5. The molecule has 0 saturated heterocycles. The summed E-state index contributed by atoms with van der Waals surface area (Å²) >= 11 is 6.29. The number of hydrogen-bond acceptors (Lipinski definition) is 2. The largest absolute Gasteiger partial charge is 0.232 e. The van der Waals surface area contributed by atoms with Gasteiger partial charge in [0.15, 0.2) is 0 Å². The fourth-order valence-corrected chi connectivity index (χ4v) is 2.16. The molecule has 20 heavy (non-hydrogen) atoms. The normalized spacial score (nSPS) is 11.8. The van der Waals surface area contributed by atoms with Gasteiger partial charge in [0.05, 0.1) is 5.69 Å². The second-order valence-corrected chi connectivity index (χ2v) is 6.72. The topological polar surface area (TPSA) is 25.8 Å². The van der Waals surface area contributed by atoms with Crippen LogP contribution < -0.4 is 0 Å². The molecule has 106 valence electrons. The lowest BCUT2D eigenvalue weighted by atomic mass is 9.94. The lowest BCUT2D eigenvalue weighted by molar-refractivity contribution is 0.545. The van der Waals surface area contributed by atoms with Crippen molar-refractivity contribution in [1.82, 2.24) is 9.97 Å². The Kier molecular flexibility index (Phi) is 3.88. The van der Waals surface area contributed by atoms with Gasteiger partial charge in [-0.2, -0.15) is 0 Å². The number of aromatic nitrogens is 2. The van der Waals surface area contributed by atoms with E-state index < -0.39 is 0 Å². The average Bonchev–Trinajstić information content (AvgIpc) is 2.34. The van der Waals surface area contributed by atoms with Gasteiger partial charge < -0.3 is 0 Å². The van der Waals surface area contributed by atoms with Gasteiger partial charge >= 0.3 is 0 Å². The maximum atomic E-state index is 6.29. The number of benzene rings is 1. The van der Waals surface area contributed by atoms with E-state index in [1.165, 1.54) is 11.1 Å². The molecule has 2 rings (SSSR count). The number of halogens is 1. The number of hydrogen-bond donors (Lipinski definition) is 0. The Morgan fingerprint density at radius 3 is 2.15 bits per heavy atom. The fraction of sp³-hybridized carbons (Fsp3) is 0.412. The predicted octanol–water partition coefficient (Wildman–Crippen LogP) is 5.02. The first-order chi connectivity index (χ1) is 9.20. The molecule has 0 radical (unpaired) electrons. The molecule has 2 aromatic rings. The van der Waals surface area contributed by atoms with Gasteiger partial charge in [0.1, 0.15) is 11.0 Å². The molecule has 0 aliphatic heterocycles. The van der Waals surface area contributed by atoms with Crippen molar-refractivity contribution < 1.29 is 0 Å². The van der Waals surface area contributed by atoms with E-state index in [2.05, 4.69) is 57.8 Å². The summed E-state index contributed by atoms with van der Waals surface area (Å²) in [5.41, 5.74) is 5.38. The number of aryl methyl sites for hydroxylation is 2. The molecule has 3 heteroatoms. The molecule has 2 nitrogen and oxygen atoms in total. The van der Waals surface area contributed by atoms with Crippen molar-refractivity contribution in [3.8, 4) is 11.3 Å². The first-order valence-electron chi connectivity index (χ1n) is 6.82. The van der Waals surface area contributed by atoms with Gasteiger partial charge in [-0.15, -0.1) is 0 Å². The van der Waals surface area contributed by atoms with Gasteiger partial charge in [-0.05, 0) is 38.0 Å². The molecule has 0 amide bonds. The van der Waals surface area contributed by atoms with Gasteiger partial charge in [0.25, 0.3) is 0 Å². The molecular formula is C17H21ClN2. The second kappa shape index (κ2) is 5.17. The summed E-state index contributed by atoms with van der Waals surface area (Å²) in [5, 5.41) is 0.540. The van der Waals surface area contributed by atoms with Crippen LogP contribution in [0.2, 0.25) is 5.15 Å². The second-order valence-electron chi connectivity index (χ2n) is 6.36. The monoisotopic (exact) mass is 288 g/mol. The summed E-state index contributed by atoms with van der Waals surface area (Å²) < 4.78 is 0. The number of rotatable bonds is 1. The molecule has 1 aromatic heterocycles. The van der Waals surface area contributed by atoms with Gasteiger partial charge in [-0.3, -0.25) is 0 Å². The van der Waals surface area contributed by atoms with Crippen molar-refractivity contribution >= 4 is 11.6 Å². The third kappa shape index (κ3) is 2.85. The van der Waals surface area contributed by atoms with Crippen molar-refractivity contribution in [2.75, 3.05) is 0 Å². The molecular weight excluding hydrogens is 268 g/mol. The summed E-state index contributed by atoms with van der Waals surface area (Å²) in [6.07, 6.45) is 0. The van der Waals surface area contributed by atoms with Crippen LogP contribution in [-0.4, -0.2) is 9.97 Å². The molecule has 0 fully saturated rings. The maximum Gasteiger partial charge on any atom is 0.136 e. The van der Waals surface area contributed by atoms with Crippen molar-refractivity contribution in [2.24, 2.45) is 0 Å². The molecule has 0 aliphatic rings. The van der Waals surface area contributed by atoms with E-state index >= 15 is 0 Å². The molecule has 1 aromatic carbocycles. The van der Waals surface area contributed by atoms with Crippen LogP contribution in [0.4, 0.5) is 0 Å². The Labute approximate surface area is 126 Å². The third-order valence-electron chi connectivity index (χ3n) is 3.54. The SMILES string of the molecule is Cc1ccc(-c2nc(C(C)(C)C)nc(Cl)c2C)cc1C. The van der Waals surface area contributed by atoms with Gasteiger partial charge in [-0.25, -0.2) is 9.97 Å². The van der Waals surface area contributed by atoms with E-state index in [9.17, 15) is 0 Å². The molecule has 0 spiro atoms. The van der Waals surface area contributed by atoms with E-state index in [-0.39, 0.29) is 5.41 Å². The quantitative estimate of drug-likeness (QED) is 0.689. The zero-order chi connectivity index (χ0) is 15.1. The smallest absolute Gasteiger partial charge is 0.136 e. The fourth-order valence-electron chi connectivity index (χ4n) is 1.99. The van der Waals surface area contributed by atoms with Crippen LogP contribution in [0.3, 0.4) is 0 Å². The first-order valence-corrected chi connectivity index (χ1v) is 7.20. The van der Waals surface area contributed by atoms with Crippen molar-refractivity contribution in [3.63, 3.8) is 0 Å². The predicted molar refractivity (Wildman–Crippen MR) is 85.4 cm³/mol. The highest BCUT2D eigenvalue weighted by Crippen LogP contribution is 2.30. The van der Waals surface area contributed by atoms with Crippen LogP contribution in [0, 0.1) is 20.8 Å². The van der Waals surface area contributed by atoms with Gasteiger partial charge in [0, 0.05) is 16.5 Å². The van der Waals surface area contributed by atoms with Crippen LogP contribution >= 0.6 is 11.6 Å². The lowest BCUT2D eigenvalue weighted by Gasteiger charge is -2.19. The minimum Gasteiger partial charge on any atom is -0.232 e. The van der Waals surface area contributed by atoms with Crippen LogP contribution in [0.15, 0.2) is 18.2 Å². The Bertz CT molecular complexity index is 655. The molecule has 0 aliphatic carbocycles. The number of nitrogens with zero attached hydrogens (tertiary/aromatic N) is 2. The molecule has 0 saturated carbocycles. The molecule has 0 bridgehead atoms. The Balaban J connectivity index is 2.66. The first kappa shape index (κ1) is 15.0. The Morgan fingerprint density at radius 2 is 1.60 bits per heavy atom. The highest BCUT2D eigenvalue weighted by Gasteiger charge is 2.21. The summed E-state index contributed by atoms with van der Waals surface area (Å²) in [4.78, 5) is 9.17. The summed E-state index contributed by atoms with van der Waals surface area (Å²) in [7, 11) is 0. The van der Waals surface area contributed by atoms with E-state index in [1.807, 2.05) is 6.92 Å². The van der Waals surface area contributed by atoms with Gasteiger partial charge in [0.2, 0.25) is 0 Å². The Hall–Kier alpha value is -1.41. The highest BCUT2D eigenvalue weighted by molar-refractivity contribution is 6.30. The molecule has 1 heterocycles. The molecule has 0 atom stereocenters. The van der Waals surface area contributed by atoms with Crippen molar-refractivity contribution in [2.45, 2.75) is 47.0 Å². The standard InChI is InChI=1S/C17H21ClN2/c1-10-7-8-13(9-11(10)2)14-12(3)15(18)20-16(19-14)17(4,5)6/h7-9H,1-6H3. The summed E-state index contributed by atoms with van der Waals surface area (Å²) in [5.74, 6) is 0.779. The molecule has 0 N–H and O–H groups in total. The summed E-state index contributed by atoms with van der Waals surface area (Å²) in [6, 6.07) is 6.38. The minimum atomic E-state index is -0.119. The van der Waals surface area contributed by atoms with E-state index in [4.69, 9.17) is 16.6 Å². The average molecular weight is 289 g/mol. The zero-order valence-corrected chi connectivity index (χ0v) is 13.8.